The van der Waals surface area contributed by atoms with Gasteiger partial charge >= 0.3 is 0 Å². The Labute approximate surface area is 190 Å². The van der Waals surface area contributed by atoms with Gasteiger partial charge in [-0.2, -0.15) is 0 Å². The average molecular weight is 443 g/mol. The van der Waals surface area contributed by atoms with Crippen LogP contribution in [-0.2, 0) is 16.1 Å². The summed E-state index contributed by atoms with van der Waals surface area (Å²) in [6, 6.07) is 11.4. The van der Waals surface area contributed by atoms with Gasteiger partial charge < -0.3 is 29.4 Å². The molecule has 0 bridgehead atoms. The van der Waals surface area contributed by atoms with E-state index >= 15 is 0 Å². The molecule has 0 spiro atoms. The van der Waals surface area contributed by atoms with E-state index in [-0.39, 0.29) is 18.6 Å². The van der Waals surface area contributed by atoms with E-state index in [0.29, 0.717) is 25.7 Å². The molecule has 174 valence electrons. The molecular formula is C24H34N4O4. The zero-order chi connectivity index (χ0) is 22.6. The number of aliphatic imine (C=N–C) groups is 1. The summed E-state index contributed by atoms with van der Waals surface area (Å²) in [5.74, 6) is 2.26. The number of likely N-dealkylation sites (tertiary alicyclic amines) is 1. The fraction of sp³-hybridized carbons (Fsp3) is 0.500. The van der Waals surface area contributed by atoms with Crippen LogP contribution in [0.1, 0.15) is 38.9 Å². The number of carbonyl (C=O) groups excluding carboxylic acids is 1. The summed E-state index contributed by atoms with van der Waals surface area (Å²) in [7, 11) is 0. The lowest BCUT2D eigenvalue weighted by molar-refractivity contribution is -0.128. The third-order valence-electron chi connectivity index (χ3n) is 4.90. The summed E-state index contributed by atoms with van der Waals surface area (Å²) in [5.41, 5.74) is 0.870. The number of carbonyl (C=O) groups is 1. The molecule has 0 atom stereocenters. The van der Waals surface area contributed by atoms with Gasteiger partial charge in [0.15, 0.2) is 5.96 Å². The Bertz CT molecular complexity index is 828. The number of anilines is 1. The smallest absolute Gasteiger partial charge is 0.244 e. The third kappa shape index (κ3) is 8.26. The first-order chi connectivity index (χ1) is 15.6. The van der Waals surface area contributed by atoms with Gasteiger partial charge in [0.05, 0.1) is 12.4 Å². The summed E-state index contributed by atoms with van der Waals surface area (Å²) < 4.78 is 16.6. The number of amides is 1. The maximum Gasteiger partial charge on any atom is 0.244 e. The Balaban J connectivity index is 1.49. The highest BCUT2D eigenvalue weighted by Gasteiger charge is 2.17. The molecule has 32 heavy (non-hydrogen) atoms. The van der Waals surface area contributed by atoms with Crippen LogP contribution in [0.15, 0.2) is 52.1 Å². The molecule has 1 amide bonds. The minimum Gasteiger partial charge on any atom is -0.491 e. The van der Waals surface area contributed by atoms with Crippen molar-refractivity contribution in [1.29, 1.82) is 0 Å². The van der Waals surface area contributed by atoms with Crippen molar-refractivity contribution in [2.24, 2.45) is 4.99 Å². The van der Waals surface area contributed by atoms with Crippen LogP contribution in [0.4, 0.5) is 5.69 Å². The number of rotatable bonds is 11. The molecule has 1 aromatic heterocycles. The zero-order valence-electron chi connectivity index (χ0n) is 19.0. The van der Waals surface area contributed by atoms with Crippen LogP contribution in [0, 0.1) is 0 Å². The SMILES string of the molecule is CC(C)Oc1ccc(NC(=NCC(=O)N2CCCC2)NCCCOCc2ccco2)cc1. The van der Waals surface area contributed by atoms with Gasteiger partial charge in [-0.3, -0.25) is 4.79 Å². The quantitative estimate of drug-likeness (QED) is 0.314. The van der Waals surface area contributed by atoms with Crippen LogP contribution >= 0.6 is 0 Å². The molecule has 2 aromatic rings. The zero-order valence-corrected chi connectivity index (χ0v) is 19.0. The summed E-state index contributed by atoms with van der Waals surface area (Å²) in [6.07, 6.45) is 4.70. The normalized spacial score (nSPS) is 14.1. The van der Waals surface area contributed by atoms with Crippen molar-refractivity contribution < 1.29 is 18.7 Å². The maximum atomic E-state index is 12.4. The Morgan fingerprint density at radius 2 is 1.97 bits per heavy atom. The second-order valence-electron chi connectivity index (χ2n) is 7.98. The number of hydrogen-bond acceptors (Lipinski definition) is 5. The summed E-state index contributed by atoms with van der Waals surface area (Å²) in [5, 5.41) is 6.56. The third-order valence-corrected chi connectivity index (χ3v) is 4.90. The molecular weight excluding hydrogens is 408 g/mol. The largest absolute Gasteiger partial charge is 0.491 e. The number of furan rings is 1. The molecule has 1 aliphatic heterocycles. The van der Waals surface area contributed by atoms with Crippen LogP contribution in [0.5, 0.6) is 5.75 Å². The second-order valence-corrected chi connectivity index (χ2v) is 7.98. The fourth-order valence-corrected chi connectivity index (χ4v) is 3.33. The van der Waals surface area contributed by atoms with Gasteiger partial charge in [-0.1, -0.05) is 0 Å². The first kappa shape index (κ1) is 23.7. The molecule has 2 heterocycles. The topological polar surface area (TPSA) is 88.3 Å². The van der Waals surface area contributed by atoms with Crippen molar-refractivity contribution in [2.45, 2.75) is 45.8 Å². The van der Waals surface area contributed by atoms with E-state index in [1.165, 1.54) is 0 Å². The lowest BCUT2D eigenvalue weighted by Crippen LogP contribution is -2.35. The molecule has 1 fully saturated rings. The molecule has 0 unspecified atom stereocenters. The van der Waals surface area contributed by atoms with E-state index in [1.807, 2.05) is 55.1 Å². The molecule has 0 radical (unpaired) electrons. The van der Waals surface area contributed by atoms with Crippen LogP contribution in [0.2, 0.25) is 0 Å². The van der Waals surface area contributed by atoms with Crippen molar-refractivity contribution in [1.82, 2.24) is 10.2 Å². The lowest BCUT2D eigenvalue weighted by Gasteiger charge is -2.16. The van der Waals surface area contributed by atoms with E-state index < -0.39 is 0 Å². The van der Waals surface area contributed by atoms with E-state index in [0.717, 1.165) is 49.5 Å². The molecule has 1 aromatic carbocycles. The number of ether oxygens (including phenoxy) is 2. The lowest BCUT2D eigenvalue weighted by atomic mass is 10.3. The van der Waals surface area contributed by atoms with E-state index in [1.54, 1.807) is 6.26 Å². The van der Waals surface area contributed by atoms with Gasteiger partial charge in [0, 0.05) is 31.9 Å². The van der Waals surface area contributed by atoms with Crippen LogP contribution in [0.3, 0.4) is 0 Å². The minimum atomic E-state index is 0.0612. The number of guanidine groups is 1. The Morgan fingerprint density at radius 1 is 1.19 bits per heavy atom. The Hall–Kier alpha value is -3.00. The summed E-state index contributed by atoms with van der Waals surface area (Å²) >= 11 is 0. The maximum absolute atomic E-state index is 12.4. The van der Waals surface area contributed by atoms with Gasteiger partial charge in [0.1, 0.15) is 24.7 Å². The molecule has 8 nitrogen and oxygen atoms in total. The molecule has 1 saturated heterocycles. The highest BCUT2D eigenvalue weighted by Crippen LogP contribution is 2.17. The van der Waals surface area contributed by atoms with Crippen molar-refractivity contribution in [3.05, 3.63) is 48.4 Å². The molecule has 2 N–H and O–H groups in total. The standard InChI is InChI=1S/C24H34N4O4/c1-19(2)32-21-10-8-20(9-11-21)27-24(26-17-23(29)28-13-3-4-14-28)25-12-6-15-30-18-22-7-5-16-31-22/h5,7-11,16,19H,3-4,6,12-15,17-18H2,1-2H3,(H2,25,26,27). The van der Waals surface area contributed by atoms with Gasteiger partial charge in [-0.05, 0) is 69.5 Å². The molecule has 0 aliphatic carbocycles. The first-order valence-electron chi connectivity index (χ1n) is 11.3. The van der Waals surface area contributed by atoms with Crippen LogP contribution < -0.4 is 15.4 Å². The highest BCUT2D eigenvalue weighted by molar-refractivity contribution is 5.95. The van der Waals surface area contributed by atoms with Crippen molar-refractivity contribution in [3.8, 4) is 5.75 Å². The van der Waals surface area contributed by atoms with Gasteiger partial charge in [-0.15, -0.1) is 0 Å². The summed E-state index contributed by atoms with van der Waals surface area (Å²) in [6.45, 7) is 7.49. The second kappa shape index (κ2) is 12.8. The van der Waals surface area contributed by atoms with Crippen molar-refractivity contribution in [2.75, 3.05) is 38.1 Å². The summed E-state index contributed by atoms with van der Waals surface area (Å²) in [4.78, 5) is 18.8. The predicted octanol–water partition coefficient (Wildman–Crippen LogP) is 3.65. The molecule has 8 heteroatoms. The predicted molar refractivity (Wildman–Crippen MR) is 125 cm³/mol. The van der Waals surface area contributed by atoms with Crippen LogP contribution in [-0.4, -0.2) is 55.7 Å². The number of benzene rings is 1. The van der Waals surface area contributed by atoms with E-state index in [2.05, 4.69) is 15.6 Å². The Kier molecular flexibility index (Phi) is 9.43. The van der Waals surface area contributed by atoms with E-state index in [9.17, 15) is 4.79 Å². The van der Waals surface area contributed by atoms with Gasteiger partial charge in [-0.25, -0.2) is 4.99 Å². The fourth-order valence-electron chi connectivity index (χ4n) is 3.33. The number of hydrogen-bond donors (Lipinski definition) is 2. The van der Waals surface area contributed by atoms with Crippen molar-refractivity contribution in [3.63, 3.8) is 0 Å². The molecule has 0 saturated carbocycles. The average Bonchev–Trinajstić information content (AvgIpc) is 3.49. The van der Waals surface area contributed by atoms with Gasteiger partial charge in [0.2, 0.25) is 5.91 Å². The first-order valence-corrected chi connectivity index (χ1v) is 11.3. The monoisotopic (exact) mass is 442 g/mol. The van der Waals surface area contributed by atoms with Crippen molar-refractivity contribution >= 4 is 17.6 Å². The highest BCUT2D eigenvalue weighted by atomic mass is 16.5. The number of nitrogens with one attached hydrogen (secondary N) is 2. The molecule has 3 rings (SSSR count). The Morgan fingerprint density at radius 3 is 2.66 bits per heavy atom. The number of nitrogens with zero attached hydrogens (tertiary/aromatic N) is 2. The molecule has 1 aliphatic rings. The van der Waals surface area contributed by atoms with Gasteiger partial charge in [0.25, 0.3) is 0 Å². The van der Waals surface area contributed by atoms with E-state index in [4.69, 9.17) is 13.9 Å². The van der Waals surface area contributed by atoms with Crippen LogP contribution in [0.25, 0.3) is 0 Å². The minimum absolute atomic E-state index is 0.0612.